The molecule has 0 amide bonds. The molecule has 2 aliphatic heterocycles. The maximum atomic E-state index is 14.9. The Labute approximate surface area is 221 Å². The molecule has 10 heteroatoms. The average molecular weight is 522 g/mol. The summed E-state index contributed by atoms with van der Waals surface area (Å²) in [4.78, 5) is 18.2. The molecule has 1 saturated heterocycles. The van der Waals surface area contributed by atoms with Crippen molar-refractivity contribution in [2.24, 2.45) is 11.8 Å². The second-order valence-corrected chi connectivity index (χ2v) is 11.1. The highest BCUT2D eigenvalue weighted by atomic mass is 19.2. The molecule has 2 atom stereocenters. The normalized spacial score (nSPS) is 23.4. The summed E-state index contributed by atoms with van der Waals surface area (Å²) in [6, 6.07) is 8.51. The Morgan fingerprint density at radius 3 is 2.55 bits per heavy atom. The number of rotatable bonds is 6. The summed E-state index contributed by atoms with van der Waals surface area (Å²) < 4.78 is 34.4. The first kappa shape index (κ1) is 24.6. The smallest absolute Gasteiger partial charge is 0.226 e. The molecule has 38 heavy (non-hydrogen) atoms. The lowest BCUT2D eigenvalue weighted by atomic mass is 9.88. The first-order valence-corrected chi connectivity index (χ1v) is 13.1. The van der Waals surface area contributed by atoms with Gasteiger partial charge in [0, 0.05) is 61.7 Å². The van der Waals surface area contributed by atoms with Crippen molar-refractivity contribution in [3.8, 4) is 5.88 Å². The Morgan fingerprint density at radius 2 is 1.84 bits per heavy atom. The standard InChI is InChI=1S/C28H33F2N7O/c1-28(2)15-37(20-7-5-6-19(29)23(20)30)26-22(28)25(31-3)34-27(35-26)33-24-16-8-9-17(24)14-36(13-16)18-10-11-32-21(12-18)38-4/h5-7,10-12,16-17,24H,8-9,13-15H2,1-4H3,(H2,31,33,34,35). The molecular formula is C28H33F2N7O. The molecule has 3 aliphatic rings. The highest BCUT2D eigenvalue weighted by Crippen LogP contribution is 2.48. The summed E-state index contributed by atoms with van der Waals surface area (Å²) in [6.45, 7) is 6.45. The van der Waals surface area contributed by atoms with Crippen LogP contribution in [0.3, 0.4) is 0 Å². The number of aromatic nitrogens is 3. The molecule has 2 fully saturated rings. The molecule has 1 aromatic carbocycles. The zero-order valence-corrected chi connectivity index (χ0v) is 22.1. The lowest BCUT2D eigenvalue weighted by Gasteiger charge is -2.39. The topological polar surface area (TPSA) is 78.4 Å². The van der Waals surface area contributed by atoms with Gasteiger partial charge in [0.05, 0.1) is 12.8 Å². The molecule has 8 nitrogen and oxygen atoms in total. The molecule has 2 aromatic heterocycles. The molecule has 2 unspecified atom stereocenters. The number of pyridine rings is 1. The van der Waals surface area contributed by atoms with Gasteiger partial charge >= 0.3 is 0 Å². The van der Waals surface area contributed by atoms with Crippen LogP contribution in [0.4, 0.5) is 37.7 Å². The third-order valence-corrected chi connectivity index (χ3v) is 8.26. The minimum absolute atomic E-state index is 0.185. The van der Waals surface area contributed by atoms with Crippen LogP contribution >= 0.6 is 0 Å². The van der Waals surface area contributed by atoms with Gasteiger partial charge in [-0.15, -0.1) is 0 Å². The third-order valence-electron chi connectivity index (χ3n) is 8.26. The van der Waals surface area contributed by atoms with Gasteiger partial charge < -0.3 is 25.2 Å². The van der Waals surface area contributed by atoms with E-state index in [1.165, 1.54) is 6.07 Å². The Balaban J connectivity index is 1.30. The van der Waals surface area contributed by atoms with E-state index in [0.29, 0.717) is 41.8 Å². The number of anilines is 5. The highest BCUT2D eigenvalue weighted by molar-refractivity contribution is 5.76. The van der Waals surface area contributed by atoms with Gasteiger partial charge in [0.25, 0.3) is 0 Å². The number of halogens is 2. The fourth-order valence-electron chi connectivity index (χ4n) is 6.49. The fourth-order valence-corrected chi connectivity index (χ4v) is 6.49. The SMILES string of the molecule is CNc1nc(NC2C3CCC2CN(c2ccnc(OC)c2)C3)nc2c1C(C)(C)CN2c1cccc(F)c1F. The summed E-state index contributed by atoms with van der Waals surface area (Å²) in [7, 11) is 3.46. The molecule has 6 rings (SSSR count). The lowest BCUT2D eigenvalue weighted by molar-refractivity contribution is 0.374. The van der Waals surface area contributed by atoms with Crippen molar-refractivity contribution in [2.75, 3.05) is 54.2 Å². The van der Waals surface area contributed by atoms with Crippen LogP contribution in [-0.4, -0.2) is 54.8 Å². The molecule has 3 aromatic rings. The Kier molecular flexibility index (Phi) is 6.00. The van der Waals surface area contributed by atoms with E-state index in [-0.39, 0.29) is 17.1 Å². The highest BCUT2D eigenvalue weighted by Gasteiger charge is 2.44. The fraction of sp³-hybridized carbons (Fsp3) is 0.464. The minimum Gasteiger partial charge on any atom is -0.481 e. The summed E-state index contributed by atoms with van der Waals surface area (Å²) >= 11 is 0. The molecule has 4 heterocycles. The van der Waals surface area contributed by atoms with Gasteiger partial charge in [0.15, 0.2) is 11.6 Å². The van der Waals surface area contributed by atoms with E-state index in [9.17, 15) is 8.78 Å². The Hall–Kier alpha value is -3.69. The third kappa shape index (κ3) is 4.06. The van der Waals surface area contributed by atoms with Crippen LogP contribution in [-0.2, 0) is 5.41 Å². The number of ether oxygens (including phenoxy) is 1. The molecule has 2 bridgehead atoms. The first-order valence-electron chi connectivity index (χ1n) is 13.1. The van der Waals surface area contributed by atoms with Crippen molar-refractivity contribution in [1.29, 1.82) is 0 Å². The predicted octanol–water partition coefficient (Wildman–Crippen LogP) is 4.96. The predicted molar refractivity (Wildman–Crippen MR) is 145 cm³/mol. The number of piperidine rings is 1. The number of nitrogens with zero attached hydrogens (tertiary/aromatic N) is 5. The molecule has 200 valence electrons. The van der Waals surface area contributed by atoms with Crippen molar-refractivity contribution in [1.82, 2.24) is 15.0 Å². The van der Waals surface area contributed by atoms with Crippen LogP contribution in [0, 0.1) is 23.5 Å². The van der Waals surface area contributed by atoms with Crippen LogP contribution in [0.15, 0.2) is 36.5 Å². The van der Waals surface area contributed by atoms with E-state index < -0.39 is 11.6 Å². The van der Waals surface area contributed by atoms with Gasteiger partial charge in [-0.3, -0.25) is 0 Å². The first-order chi connectivity index (χ1) is 18.3. The summed E-state index contributed by atoms with van der Waals surface area (Å²) in [5.74, 6) is 1.55. The van der Waals surface area contributed by atoms with Crippen LogP contribution in [0.25, 0.3) is 0 Å². The van der Waals surface area contributed by atoms with E-state index in [0.717, 1.165) is 43.2 Å². The Morgan fingerprint density at radius 1 is 1.08 bits per heavy atom. The van der Waals surface area contributed by atoms with Crippen molar-refractivity contribution in [3.05, 3.63) is 53.7 Å². The monoisotopic (exact) mass is 521 g/mol. The lowest BCUT2D eigenvalue weighted by Crippen LogP contribution is -2.48. The van der Waals surface area contributed by atoms with Crippen LogP contribution < -0.4 is 25.2 Å². The quantitative estimate of drug-likeness (QED) is 0.472. The van der Waals surface area contributed by atoms with Crippen LogP contribution in [0.2, 0.25) is 0 Å². The molecular weight excluding hydrogens is 488 g/mol. The maximum Gasteiger partial charge on any atom is 0.226 e. The van der Waals surface area contributed by atoms with E-state index in [1.807, 2.05) is 19.2 Å². The largest absolute Gasteiger partial charge is 0.481 e. The summed E-state index contributed by atoms with van der Waals surface area (Å²) in [5.41, 5.74) is 1.85. The second kappa shape index (κ2) is 9.25. The summed E-state index contributed by atoms with van der Waals surface area (Å²) in [6.07, 6.45) is 4.03. The average Bonchev–Trinajstić information content (AvgIpc) is 3.30. The molecule has 0 spiro atoms. The van der Waals surface area contributed by atoms with Crippen LogP contribution in [0.5, 0.6) is 5.88 Å². The van der Waals surface area contributed by atoms with Gasteiger partial charge in [-0.1, -0.05) is 19.9 Å². The number of nitrogens with one attached hydrogen (secondary N) is 2. The van der Waals surface area contributed by atoms with Crippen molar-refractivity contribution >= 4 is 29.0 Å². The Bertz CT molecular complexity index is 1350. The van der Waals surface area contributed by atoms with Gasteiger partial charge in [-0.2, -0.15) is 9.97 Å². The van der Waals surface area contributed by atoms with Gasteiger partial charge in [0.2, 0.25) is 11.8 Å². The molecule has 2 N–H and O–H groups in total. The molecule has 1 saturated carbocycles. The number of hydrogen-bond acceptors (Lipinski definition) is 8. The van der Waals surface area contributed by atoms with Crippen molar-refractivity contribution in [3.63, 3.8) is 0 Å². The van der Waals surface area contributed by atoms with Gasteiger partial charge in [-0.25, -0.2) is 13.8 Å². The van der Waals surface area contributed by atoms with E-state index in [2.05, 4.69) is 34.4 Å². The molecule has 1 aliphatic carbocycles. The second-order valence-electron chi connectivity index (χ2n) is 11.1. The van der Waals surface area contributed by atoms with Gasteiger partial charge in [-0.05, 0) is 42.9 Å². The van der Waals surface area contributed by atoms with E-state index in [4.69, 9.17) is 14.7 Å². The van der Waals surface area contributed by atoms with Gasteiger partial charge in [0.1, 0.15) is 11.6 Å². The maximum absolute atomic E-state index is 14.9. The number of methoxy groups -OCH3 is 1. The number of hydrogen-bond donors (Lipinski definition) is 2. The summed E-state index contributed by atoms with van der Waals surface area (Å²) in [5, 5.41) is 6.87. The number of fused-ring (bicyclic) bond motifs is 3. The minimum atomic E-state index is -0.870. The van der Waals surface area contributed by atoms with E-state index in [1.54, 1.807) is 24.3 Å². The zero-order valence-electron chi connectivity index (χ0n) is 22.1. The van der Waals surface area contributed by atoms with Crippen molar-refractivity contribution in [2.45, 2.75) is 38.1 Å². The number of benzene rings is 1. The van der Waals surface area contributed by atoms with Crippen molar-refractivity contribution < 1.29 is 13.5 Å². The molecule has 0 radical (unpaired) electrons. The zero-order chi connectivity index (χ0) is 26.6. The van der Waals surface area contributed by atoms with E-state index >= 15 is 0 Å². The van der Waals surface area contributed by atoms with Crippen LogP contribution in [0.1, 0.15) is 32.3 Å².